The molecule has 0 aromatic rings. The number of allylic oxidation sites excluding steroid dienone is 2. The Hall–Kier alpha value is -0.700. The van der Waals surface area contributed by atoms with Crippen LogP contribution in [0.4, 0.5) is 8.78 Å². The first-order chi connectivity index (χ1) is 3.77. The Morgan fingerprint density at radius 1 is 1.50 bits per heavy atom. The average Bonchev–Trinajstić information content (AvgIpc) is 1.66. The van der Waals surface area contributed by atoms with Gasteiger partial charge in [0.15, 0.2) is 0 Å². The largest absolute Gasteiger partial charge is 0.392 e. The highest BCUT2D eigenvalue weighted by molar-refractivity contribution is 5.02. The maximum Gasteiger partial charge on any atom is 0.270 e. The Bertz CT molecular complexity index is 103. The molecule has 3 heteroatoms. The highest BCUT2D eigenvalue weighted by Crippen LogP contribution is 1.95. The van der Waals surface area contributed by atoms with E-state index in [0.29, 0.717) is 6.08 Å². The second-order valence-electron chi connectivity index (χ2n) is 1.07. The van der Waals surface area contributed by atoms with Gasteiger partial charge in [0.2, 0.25) is 0 Å². The molecule has 0 rings (SSSR count). The van der Waals surface area contributed by atoms with Crippen molar-refractivity contribution in [3.05, 3.63) is 24.3 Å². The van der Waals surface area contributed by atoms with Crippen molar-refractivity contribution >= 4 is 0 Å². The van der Waals surface area contributed by atoms with Crippen LogP contribution in [0.2, 0.25) is 0 Å². The fraction of sp³-hybridized carbons (Fsp3) is 0.200. The van der Waals surface area contributed by atoms with Gasteiger partial charge in [-0.05, 0) is 0 Å². The fourth-order valence-electron chi connectivity index (χ4n) is 0.202. The van der Waals surface area contributed by atoms with Crippen LogP contribution in [-0.2, 0) is 0 Å². The van der Waals surface area contributed by atoms with E-state index in [9.17, 15) is 8.78 Å². The smallest absolute Gasteiger partial charge is 0.270 e. The van der Waals surface area contributed by atoms with Crippen molar-refractivity contribution in [1.29, 1.82) is 0 Å². The topological polar surface area (TPSA) is 20.2 Å². The zero-order chi connectivity index (χ0) is 6.41. The second kappa shape index (κ2) is 4.46. The van der Waals surface area contributed by atoms with Crippen molar-refractivity contribution in [3.63, 3.8) is 0 Å². The molecule has 0 spiro atoms. The summed E-state index contributed by atoms with van der Waals surface area (Å²) in [5, 5.41) is 8.02. The standard InChI is InChI=1S/C5H6F2O/c6-5(7)3-1-2-4-8/h1-3,8H,4H2. The van der Waals surface area contributed by atoms with Crippen molar-refractivity contribution in [2.75, 3.05) is 6.61 Å². The van der Waals surface area contributed by atoms with Crippen molar-refractivity contribution in [1.82, 2.24) is 0 Å². The molecule has 0 aliphatic carbocycles. The van der Waals surface area contributed by atoms with Gasteiger partial charge in [-0.1, -0.05) is 12.2 Å². The first-order valence-electron chi connectivity index (χ1n) is 2.06. The molecule has 46 valence electrons. The zero-order valence-electron chi connectivity index (χ0n) is 4.14. The molecule has 8 heavy (non-hydrogen) atoms. The van der Waals surface area contributed by atoms with Gasteiger partial charge < -0.3 is 5.11 Å². The van der Waals surface area contributed by atoms with E-state index < -0.39 is 6.08 Å². The summed E-state index contributed by atoms with van der Waals surface area (Å²) in [6.07, 6.45) is 1.18. The van der Waals surface area contributed by atoms with Crippen LogP contribution >= 0.6 is 0 Å². The lowest BCUT2D eigenvalue weighted by atomic mass is 10.5. The summed E-state index contributed by atoms with van der Waals surface area (Å²) >= 11 is 0. The van der Waals surface area contributed by atoms with E-state index in [-0.39, 0.29) is 6.61 Å². The molecule has 0 aromatic heterocycles. The highest BCUT2D eigenvalue weighted by atomic mass is 19.3. The van der Waals surface area contributed by atoms with E-state index in [4.69, 9.17) is 5.11 Å². The molecule has 0 amide bonds. The van der Waals surface area contributed by atoms with Gasteiger partial charge in [-0.15, -0.1) is 0 Å². The van der Waals surface area contributed by atoms with Crippen LogP contribution in [0.15, 0.2) is 24.3 Å². The maximum absolute atomic E-state index is 11.1. The summed E-state index contributed by atoms with van der Waals surface area (Å²) < 4.78 is 22.2. The molecule has 0 radical (unpaired) electrons. The van der Waals surface area contributed by atoms with E-state index in [0.717, 1.165) is 6.08 Å². The number of aliphatic hydroxyl groups excluding tert-OH is 1. The van der Waals surface area contributed by atoms with E-state index in [1.165, 1.54) is 6.08 Å². The summed E-state index contributed by atoms with van der Waals surface area (Å²) in [5.74, 6) is 0. The molecule has 0 saturated heterocycles. The molecule has 1 N–H and O–H groups in total. The Balaban J connectivity index is 3.42. The van der Waals surface area contributed by atoms with Gasteiger partial charge in [0.25, 0.3) is 6.08 Å². The SMILES string of the molecule is OCC=CC=C(F)F. The van der Waals surface area contributed by atoms with Crippen LogP contribution < -0.4 is 0 Å². The predicted octanol–water partition coefficient (Wildman–Crippen LogP) is 1.32. The van der Waals surface area contributed by atoms with E-state index in [1.807, 2.05) is 0 Å². The molecular weight excluding hydrogens is 114 g/mol. The first kappa shape index (κ1) is 7.30. The van der Waals surface area contributed by atoms with Crippen molar-refractivity contribution in [2.45, 2.75) is 0 Å². The van der Waals surface area contributed by atoms with E-state index in [2.05, 4.69) is 0 Å². The minimum Gasteiger partial charge on any atom is -0.392 e. The van der Waals surface area contributed by atoms with Crippen LogP contribution in [0.3, 0.4) is 0 Å². The minimum absolute atomic E-state index is 0.205. The lowest BCUT2D eigenvalue weighted by Gasteiger charge is -1.73. The van der Waals surface area contributed by atoms with Crippen molar-refractivity contribution < 1.29 is 13.9 Å². The number of aliphatic hydroxyl groups is 1. The summed E-state index contributed by atoms with van der Waals surface area (Å²) in [6.45, 7) is -0.205. The molecule has 0 aromatic carbocycles. The third-order valence-electron chi connectivity index (χ3n) is 0.464. The Morgan fingerprint density at radius 2 is 2.12 bits per heavy atom. The summed E-state index contributed by atoms with van der Waals surface area (Å²) in [4.78, 5) is 0. The fourth-order valence-corrected chi connectivity index (χ4v) is 0.202. The summed E-state index contributed by atoms with van der Waals surface area (Å²) in [7, 11) is 0. The zero-order valence-corrected chi connectivity index (χ0v) is 4.14. The Kier molecular flexibility index (Phi) is 4.07. The summed E-state index contributed by atoms with van der Waals surface area (Å²) in [6, 6.07) is 0. The molecule has 0 unspecified atom stereocenters. The average molecular weight is 120 g/mol. The van der Waals surface area contributed by atoms with Crippen LogP contribution in [0.1, 0.15) is 0 Å². The van der Waals surface area contributed by atoms with Crippen LogP contribution in [0.5, 0.6) is 0 Å². The van der Waals surface area contributed by atoms with Crippen LogP contribution in [-0.4, -0.2) is 11.7 Å². The Labute approximate surface area is 45.9 Å². The normalized spacial score (nSPS) is 9.88. The third-order valence-corrected chi connectivity index (χ3v) is 0.464. The molecular formula is C5H6F2O. The van der Waals surface area contributed by atoms with Crippen LogP contribution in [0.25, 0.3) is 0 Å². The maximum atomic E-state index is 11.1. The minimum atomic E-state index is -1.75. The molecule has 1 nitrogen and oxygen atoms in total. The van der Waals surface area contributed by atoms with Gasteiger partial charge in [-0.2, -0.15) is 8.78 Å². The highest BCUT2D eigenvalue weighted by Gasteiger charge is 1.78. The number of hydrogen-bond acceptors (Lipinski definition) is 1. The predicted molar refractivity (Wildman–Crippen MR) is 26.5 cm³/mol. The number of halogens is 2. The van der Waals surface area contributed by atoms with Crippen molar-refractivity contribution in [2.24, 2.45) is 0 Å². The number of hydrogen-bond donors (Lipinski definition) is 1. The lowest BCUT2D eigenvalue weighted by Crippen LogP contribution is -1.67. The molecule has 0 fully saturated rings. The molecule has 0 aliphatic heterocycles. The molecule has 0 aliphatic rings. The van der Waals surface area contributed by atoms with Crippen LogP contribution in [0, 0.1) is 0 Å². The quantitative estimate of drug-likeness (QED) is 0.545. The second-order valence-corrected chi connectivity index (χ2v) is 1.07. The Morgan fingerprint density at radius 3 is 2.50 bits per heavy atom. The first-order valence-corrected chi connectivity index (χ1v) is 2.06. The van der Waals surface area contributed by atoms with E-state index >= 15 is 0 Å². The van der Waals surface area contributed by atoms with Gasteiger partial charge in [0, 0.05) is 6.08 Å². The molecule has 0 atom stereocenters. The number of rotatable bonds is 2. The van der Waals surface area contributed by atoms with Crippen molar-refractivity contribution in [3.8, 4) is 0 Å². The molecule has 0 heterocycles. The van der Waals surface area contributed by atoms with E-state index in [1.54, 1.807) is 0 Å². The third kappa shape index (κ3) is 5.30. The monoisotopic (exact) mass is 120 g/mol. The molecule has 0 bridgehead atoms. The van der Waals surface area contributed by atoms with Gasteiger partial charge in [0.05, 0.1) is 6.61 Å². The van der Waals surface area contributed by atoms with Gasteiger partial charge in [-0.25, -0.2) is 0 Å². The van der Waals surface area contributed by atoms with Gasteiger partial charge in [-0.3, -0.25) is 0 Å². The van der Waals surface area contributed by atoms with Gasteiger partial charge in [0.1, 0.15) is 0 Å². The van der Waals surface area contributed by atoms with Gasteiger partial charge >= 0.3 is 0 Å². The molecule has 0 saturated carbocycles. The lowest BCUT2D eigenvalue weighted by molar-refractivity contribution is 0.342. The summed E-state index contributed by atoms with van der Waals surface area (Å²) in [5.41, 5.74) is 0.